The number of hydrogen-bond acceptors (Lipinski definition) is 6. The molecule has 1 aliphatic carbocycles. The van der Waals surface area contributed by atoms with Gasteiger partial charge in [0.2, 0.25) is 5.82 Å². The molecule has 0 aromatic carbocycles. The lowest BCUT2D eigenvalue weighted by molar-refractivity contribution is 0.0759. The van der Waals surface area contributed by atoms with Crippen molar-refractivity contribution in [2.45, 2.75) is 44.6 Å². The van der Waals surface area contributed by atoms with Crippen LogP contribution in [-0.2, 0) is 6.42 Å². The standard InChI is InChI=1S/C17H19FN4O3/c1-2-12-15(18)16(20-9-19-12)24-11-5-6-22(8-11)17(23)13-7-14(25-21-13)10-3-4-10/h7,9-11H,2-6,8H2,1H3/t11-/m1/s1. The van der Waals surface area contributed by atoms with Crippen LogP contribution in [0.25, 0.3) is 0 Å². The van der Waals surface area contributed by atoms with Crippen LogP contribution in [0.5, 0.6) is 5.88 Å². The number of amides is 1. The van der Waals surface area contributed by atoms with Gasteiger partial charge in [0.25, 0.3) is 11.8 Å². The Morgan fingerprint density at radius 3 is 3.00 bits per heavy atom. The van der Waals surface area contributed by atoms with Crippen LogP contribution in [0.2, 0.25) is 0 Å². The summed E-state index contributed by atoms with van der Waals surface area (Å²) in [5, 5.41) is 3.88. The van der Waals surface area contributed by atoms with E-state index in [-0.39, 0.29) is 17.9 Å². The third kappa shape index (κ3) is 3.20. The van der Waals surface area contributed by atoms with Crippen molar-refractivity contribution < 1.29 is 18.4 Å². The van der Waals surface area contributed by atoms with Crippen LogP contribution in [0.3, 0.4) is 0 Å². The Kier molecular flexibility index (Phi) is 4.10. The quantitative estimate of drug-likeness (QED) is 0.826. The Labute approximate surface area is 144 Å². The summed E-state index contributed by atoms with van der Waals surface area (Å²) in [7, 11) is 0. The topological polar surface area (TPSA) is 81.4 Å². The summed E-state index contributed by atoms with van der Waals surface area (Å²) in [5.74, 6) is 0.436. The lowest BCUT2D eigenvalue weighted by Gasteiger charge is -2.16. The summed E-state index contributed by atoms with van der Waals surface area (Å²) in [6, 6.07) is 1.73. The Hall–Kier alpha value is -2.51. The number of carbonyl (C=O) groups excluding carboxylic acids is 1. The molecular formula is C17H19FN4O3. The normalized spacial score (nSPS) is 20.1. The number of ether oxygens (including phenoxy) is 1. The Balaban J connectivity index is 1.40. The fourth-order valence-electron chi connectivity index (χ4n) is 3.00. The molecule has 3 heterocycles. The number of carbonyl (C=O) groups is 1. The van der Waals surface area contributed by atoms with E-state index >= 15 is 0 Å². The van der Waals surface area contributed by atoms with Crippen LogP contribution in [-0.4, -0.2) is 45.1 Å². The van der Waals surface area contributed by atoms with Gasteiger partial charge < -0.3 is 14.2 Å². The highest BCUT2D eigenvalue weighted by Crippen LogP contribution is 2.40. The maximum absolute atomic E-state index is 14.2. The lowest BCUT2D eigenvalue weighted by atomic mass is 10.2. The third-order valence-corrected chi connectivity index (χ3v) is 4.60. The molecule has 2 aromatic rings. The molecule has 1 amide bonds. The van der Waals surface area contributed by atoms with Crippen molar-refractivity contribution in [3.63, 3.8) is 0 Å². The van der Waals surface area contributed by atoms with Crippen molar-refractivity contribution >= 4 is 5.91 Å². The largest absolute Gasteiger partial charge is 0.470 e. The summed E-state index contributed by atoms with van der Waals surface area (Å²) in [4.78, 5) is 21.9. The predicted octanol–water partition coefficient (Wildman–Crippen LogP) is 2.34. The lowest BCUT2D eigenvalue weighted by Crippen LogP contribution is -2.31. The number of halogens is 1. The Morgan fingerprint density at radius 1 is 1.40 bits per heavy atom. The summed E-state index contributed by atoms with van der Waals surface area (Å²) in [5.41, 5.74) is 0.648. The van der Waals surface area contributed by atoms with Gasteiger partial charge in [0.1, 0.15) is 18.2 Å². The maximum atomic E-state index is 14.2. The summed E-state index contributed by atoms with van der Waals surface area (Å²) in [6.45, 7) is 2.72. The second-order valence-corrected chi connectivity index (χ2v) is 6.46. The van der Waals surface area contributed by atoms with E-state index in [0.29, 0.717) is 43.2 Å². The van der Waals surface area contributed by atoms with Gasteiger partial charge in [-0.15, -0.1) is 0 Å². The second kappa shape index (κ2) is 6.42. The fourth-order valence-corrected chi connectivity index (χ4v) is 3.00. The van der Waals surface area contributed by atoms with Crippen molar-refractivity contribution in [2.24, 2.45) is 0 Å². The van der Waals surface area contributed by atoms with E-state index in [1.54, 1.807) is 11.0 Å². The van der Waals surface area contributed by atoms with E-state index in [1.165, 1.54) is 6.33 Å². The van der Waals surface area contributed by atoms with Gasteiger partial charge in [-0.3, -0.25) is 4.79 Å². The van der Waals surface area contributed by atoms with Gasteiger partial charge in [0, 0.05) is 24.9 Å². The van der Waals surface area contributed by atoms with Gasteiger partial charge in [-0.05, 0) is 19.3 Å². The number of likely N-dealkylation sites (tertiary alicyclic amines) is 1. The van der Waals surface area contributed by atoms with E-state index in [9.17, 15) is 9.18 Å². The zero-order chi connectivity index (χ0) is 17.4. The molecule has 0 bridgehead atoms. The first kappa shape index (κ1) is 16.0. The molecule has 25 heavy (non-hydrogen) atoms. The van der Waals surface area contributed by atoms with Crippen LogP contribution in [0, 0.1) is 5.82 Å². The minimum absolute atomic E-state index is 0.0522. The first-order valence-corrected chi connectivity index (χ1v) is 8.57. The van der Waals surface area contributed by atoms with Gasteiger partial charge >= 0.3 is 0 Å². The molecule has 1 aliphatic heterocycles. The molecule has 4 rings (SSSR count). The summed E-state index contributed by atoms with van der Waals surface area (Å²) >= 11 is 0. The van der Waals surface area contributed by atoms with E-state index in [0.717, 1.165) is 18.6 Å². The van der Waals surface area contributed by atoms with E-state index in [2.05, 4.69) is 15.1 Å². The van der Waals surface area contributed by atoms with Crippen LogP contribution in [0.15, 0.2) is 16.9 Å². The molecule has 1 atom stereocenters. The Morgan fingerprint density at radius 2 is 2.24 bits per heavy atom. The van der Waals surface area contributed by atoms with E-state index in [1.807, 2.05) is 6.92 Å². The average Bonchev–Trinajstić information content (AvgIpc) is 3.17. The van der Waals surface area contributed by atoms with Crippen LogP contribution in [0.4, 0.5) is 4.39 Å². The molecule has 7 nitrogen and oxygen atoms in total. The van der Waals surface area contributed by atoms with Crippen LogP contribution in [0.1, 0.15) is 54.0 Å². The molecule has 8 heteroatoms. The third-order valence-electron chi connectivity index (χ3n) is 4.60. The molecule has 132 valence electrons. The van der Waals surface area contributed by atoms with Gasteiger partial charge in [0.15, 0.2) is 5.69 Å². The highest BCUT2D eigenvalue weighted by Gasteiger charge is 2.33. The fraction of sp³-hybridized carbons (Fsp3) is 0.529. The van der Waals surface area contributed by atoms with Crippen molar-refractivity contribution in [3.05, 3.63) is 35.4 Å². The number of hydrogen-bond donors (Lipinski definition) is 0. The van der Waals surface area contributed by atoms with Gasteiger partial charge in [-0.2, -0.15) is 9.37 Å². The SMILES string of the molecule is CCc1ncnc(O[C@@H]2CCN(C(=O)c3cc(C4CC4)on3)C2)c1F. The first-order chi connectivity index (χ1) is 12.2. The zero-order valence-corrected chi connectivity index (χ0v) is 13.9. The van der Waals surface area contributed by atoms with Gasteiger partial charge in [-0.1, -0.05) is 12.1 Å². The molecule has 1 saturated heterocycles. The smallest absolute Gasteiger partial charge is 0.276 e. The van der Waals surface area contributed by atoms with Crippen molar-refractivity contribution in [3.8, 4) is 5.88 Å². The number of rotatable bonds is 5. The molecular weight excluding hydrogens is 327 g/mol. The molecule has 2 aliphatic rings. The number of aromatic nitrogens is 3. The number of nitrogens with zero attached hydrogens (tertiary/aromatic N) is 4. The minimum atomic E-state index is -0.527. The molecule has 0 N–H and O–H groups in total. The molecule has 0 radical (unpaired) electrons. The van der Waals surface area contributed by atoms with Gasteiger partial charge in [0.05, 0.1) is 12.2 Å². The average molecular weight is 346 g/mol. The first-order valence-electron chi connectivity index (χ1n) is 8.57. The molecule has 1 saturated carbocycles. The Bertz CT molecular complexity index is 790. The molecule has 0 unspecified atom stereocenters. The van der Waals surface area contributed by atoms with Crippen LogP contribution >= 0.6 is 0 Å². The zero-order valence-electron chi connectivity index (χ0n) is 13.9. The highest BCUT2D eigenvalue weighted by atomic mass is 19.1. The van der Waals surface area contributed by atoms with E-state index in [4.69, 9.17) is 9.26 Å². The van der Waals surface area contributed by atoms with Crippen molar-refractivity contribution in [1.82, 2.24) is 20.0 Å². The van der Waals surface area contributed by atoms with Crippen molar-refractivity contribution in [1.29, 1.82) is 0 Å². The predicted molar refractivity (Wildman–Crippen MR) is 84.8 cm³/mol. The maximum Gasteiger partial charge on any atom is 0.276 e. The second-order valence-electron chi connectivity index (χ2n) is 6.46. The van der Waals surface area contributed by atoms with Crippen LogP contribution < -0.4 is 4.74 Å². The summed E-state index contributed by atoms with van der Waals surface area (Å²) in [6.07, 6.45) is 4.26. The summed E-state index contributed by atoms with van der Waals surface area (Å²) < 4.78 is 25.1. The monoisotopic (exact) mass is 346 g/mol. The van der Waals surface area contributed by atoms with Crippen molar-refractivity contribution in [2.75, 3.05) is 13.1 Å². The van der Waals surface area contributed by atoms with Gasteiger partial charge in [-0.25, -0.2) is 4.98 Å². The molecule has 0 spiro atoms. The number of aryl methyl sites for hydroxylation is 1. The minimum Gasteiger partial charge on any atom is -0.470 e. The molecule has 2 fully saturated rings. The molecule has 2 aromatic heterocycles. The van der Waals surface area contributed by atoms with E-state index < -0.39 is 5.82 Å². The highest BCUT2D eigenvalue weighted by molar-refractivity contribution is 5.92.